The van der Waals surface area contributed by atoms with E-state index in [1.165, 1.54) is 12.1 Å². The van der Waals surface area contributed by atoms with Gasteiger partial charge in [-0.3, -0.25) is 0 Å². The molecule has 18 heavy (non-hydrogen) atoms. The van der Waals surface area contributed by atoms with Crippen LogP contribution in [0.25, 0.3) is 0 Å². The summed E-state index contributed by atoms with van der Waals surface area (Å²) in [6.45, 7) is 4.05. The molecule has 2 rings (SSSR count). The molecule has 1 aliphatic rings. The smallest absolute Gasteiger partial charge is 0.191 e. The lowest BCUT2D eigenvalue weighted by Gasteiger charge is -2.10. The predicted molar refractivity (Wildman–Crippen MR) is 69.8 cm³/mol. The van der Waals surface area contributed by atoms with E-state index >= 15 is 0 Å². The fourth-order valence-electron chi connectivity index (χ4n) is 1.55. The van der Waals surface area contributed by atoms with Crippen molar-refractivity contribution < 1.29 is 13.5 Å². The van der Waals surface area contributed by atoms with Gasteiger partial charge in [0.05, 0.1) is 0 Å². The second-order valence-corrected chi connectivity index (χ2v) is 5.47. The number of hydrogen-bond acceptors (Lipinski definition) is 2. The SMILES string of the molecule is C=C(Br)COc1c(F)cc(CNC2CC2)cc1F. The number of nitrogens with one attached hydrogen (secondary N) is 1. The largest absolute Gasteiger partial charge is 0.482 e. The zero-order valence-electron chi connectivity index (χ0n) is 9.81. The number of rotatable bonds is 6. The van der Waals surface area contributed by atoms with Gasteiger partial charge in [-0.1, -0.05) is 22.5 Å². The third-order valence-corrected chi connectivity index (χ3v) is 2.83. The minimum Gasteiger partial charge on any atom is -0.482 e. The molecule has 0 atom stereocenters. The van der Waals surface area contributed by atoms with Gasteiger partial charge in [0.1, 0.15) is 6.61 Å². The Labute approximate surface area is 113 Å². The van der Waals surface area contributed by atoms with Gasteiger partial charge in [0.15, 0.2) is 17.4 Å². The molecule has 0 heterocycles. The first-order valence-electron chi connectivity index (χ1n) is 5.73. The van der Waals surface area contributed by atoms with Crippen molar-refractivity contribution in [3.05, 3.63) is 40.4 Å². The Morgan fingerprint density at radius 2 is 2.00 bits per heavy atom. The molecule has 1 saturated carbocycles. The number of halogens is 3. The molecule has 0 amide bonds. The van der Waals surface area contributed by atoms with Gasteiger partial charge in [0.25, 0.3) is 0 Å². The van der Waals surface area contributed by atoms with Crippen molar-refractivity contribution in [2.75, 3.05) is 6.61 Å². The van der Waals surface area contributed by atoms with Crippen molar-refractivity contribution in [3.63, 3.8) is 0 Å². The minimum absolute atomic E-state index is 0.0352. The van der Waals surface area contributed by atoms with Crippen LogP contribution in [0.2, 0.25) is 0 Å². The van der Waals surface area contributed by atoms with E-state index in [0.29, 0.717) is 22.6 Å². The quantitative estimate of drug-likeness (QED) is 0.867. The normalized spacial score (nSPS) is 14.6. The van der Waals surface area contributed by atoms with Gasteiger partial charge in [-0.15, -0.1) is 0 Å². The maximum atomic E-state index is 13.7. The molecule has 0 radical (unpaired) electrons. The van der Waals surface area contributed by atoms with Crippen LogP contribution in [-0.2, 0) is 6.54 Å². The van der Waals surface area contributed by atoms with Crippen molar-refractivity contribution in [1.82, 2.24) is 5.32 Å². The molecular weight excluding hydrogens is 304 g/mol. The van der Waals surface area contributed by atoms with Crippen molar-refractivity contribution in [2.24, 2.45) is 0 Å². The molecule has 2 nitrogen and oxygen atoms in total. The standard InChI is InChI=1S/C13H14BrF2NO/c1-8(14)7-18-13-11(15)4-9(5-12(13)16)6-17-10-2-3-10/h4-5,10,17H,1-3,6-7H2. The monoisotopic (exact) mass is 317 g/mol. The molecule has 5 heteroatoms. The van der Waals surface area contributed by atoms with E-state index in [1.54, 1.807) is 0 Å². The highest BCUT2D eigenvalue weighted by molar-refractivity contribution is 9.11. The Hall–Kier alpha value is -0.940. The number of ether oxygens (including phenoxy) is 1. The van der Waals surface area contributed by atoms with E-state index < -0.39 is 11.6 Å². The lowest BCUT2D eigenvalue weighted by atomic mass is 10.2. The second-order valence-electron chi connectivity index (χ2n) is 4.35. The molecule has 0 bridgehead atoms. The lowest BCUT2D eigenvalue weighted by Crippen LogP contribution is -2.15. The maximum Gasteiger partial charge on any atom is 0.191 e. The zero-order valence-corrected chi connectivity index (χ0v) is 11.4. The third-order valence-electron chi connectivity index (χ3n) is 2.60. The third kappa shape index (κ3) is 3.78. The van der Waals surface area contributed by atoms with Crippen LogP contribution in [0.1, 0.15) is 18.4 Å². The van der Waals surface area contributed by atoms with Gasteiger partial charge in [0.2, 0.25) is 0 Å². The first-order valence-corrected chi connectivity index (χ1v) is 6.53. The summed E-state index contributed by atoms with van der Waals surface area (Å²) >= 11 is 3.07. The summed E-state index contributed by atoms with van der Waals surface area (Å²) in [6.07, 6.45) is 2.28. The van der Waals surface area contributed by atoms with Crippen LogP contribution in [0.3, 0.4) is 0 Å². The molecule has 0 spiro atoms. The molecule has 0 aliphatic heterocycles. The highest BCUT2D eigenvalue weighted by Crippen LogP contribution is 2.25. The second kappa shape index (κ2) is 5.80. The summed E-state index contributed by atoms with van der Waals surface area (Å²) in [5, 5.41) is 3.20. The van der Waals surface area contributed by atoms with Crippen LogP contribution < -0.4 is 10.1 Å². The summed E-state index contributed by atoms with van der Waals surface area (Å²) in [6, 6.07) is 3.10. The van der Waals surface area contributed by atoms with Gasteiger partial charge in [0, 0.05) is 17.1 Å². The van der Waals surface area contributed by atoms with Gasteiger partial charge in [-0.2, -0.15) is 0 Å². The van der Waals surface area contributed by atoms with E-state index in [9.17, 15) is 8.78 Å². The van der Waals surface area contributed by atoms with E-state index in [2.05, 4.69) is 27.8 Å². The van der Waals surface area contributed by atoms with E-state index in [-0.39, 0.29) is 12.4 Å². The summed E-state index contributed by atoms with van der Waals surface area (Å²) < 4.78 is 32.9. The maximum absolute atomic E-state index is 13.7. The van der Waals surface area contributed by atoms with E-state index in [1.807, 2.05) is 0 Å². The fraction of sp³-hybridized carbons (Fsp3) is 0.385. The summed E-state index contributed by atoms with van der Waals surface area (Å²) in [5.74, 6) is -1.72. The first-order chi connectivity index (χ1) is 8.56. The summed E-state index contributed by atoms with van der Waals surface area (Å²) in [5.41, 5.74) is 0.585. The molecule has 98 valence electrons. The lowest BCUT2D eigenvalue weighted by molar-refractivity contribution is 0.318. The van der Waals surface area contributed by atoms with Crippen LogP contribution >= 0.6 is 15.9 Å². The van der Waals surface area contributed by atoms with Crippen LogP contribution in [0.5, 0.6) is 5.75 Å². The molecule has 0 unspecified atom stereocenters. The van der Waals surface area contributed by atoms with Crippen LogP contribution in [0.4, 0.5) is 8.78 Å². The average molecular weight is 318 g/mol. The molecular formula is C13H14BrF2NO. The minimum atomic E-state index is -0.684. The van der Waals surface area contributed by atoms with Gasteiger partial charge < -0.3 is 10.1 Å². The van der Waals surface area contributed by atoms with Gasteiger partial charge in [-0.25, -0.2) is 8.78 Å². The molecule has 1 aromatic carbocycles. The van der Waals surface area contributed by atoms with E-state index in [4.69, 9.17) is 4.74 Å². The summed E-state index contributed by atoms with van der Waals surface area (Å²) in [7, 11) is 0. The molecule has 0 saturated heterocycles. The molecule has 1 N–H and O–H groups in total. The Morgan fingerprint density at radius 3 is 2.50 bits per heavy atom. The Kier molecular flexibility index (Phi) is 4.35. The number of benzene rings is 1. The van der Waals surface area contributed by atoms with Gasteiger partial charge in [-0.05, 0) is 30.5 Å². The molecule has 1 aromatic rings. The van der Waals surface area contributed by atoms with Crippen molar-refractivity contribution in [3.8, 4) is 5.75 Å². The molecule has 0 aromatic heterocycles. The van der Waals surface area contributed by atoms with Crippen molar-refractivity contribution >= 4 is 15.9 Å². The first kappa shape index (κ1) is 13.5. The highest BCUT2D eigenvalue weighted by Gasteiger charge is 2.20. The zero-order chi connectivity index (χ0) is 13.1. The van der Waals surface area contributed by atoms with Crippen LogP contribution in [0.15, 0.2) is 23.2 Å². The van der Waals surface area contributed by atoms with Gasteiger partial charge >= 0.3 is 0 Å². The Bertz CT molecular complexity index is 437. The predicted octanol–water partition coefficient (Wildman–Crippen LogP) is 3.50. The number of hydrogen-bond donors (Lipinski definition) is 1. The summed E-state index contributed by atoms with van der Waals surface area (Å²) in [4.78, 5) is 0. The van der Waals surface area contributed by atoms with Crippen molar-refractivity contribution in [1.29, 1.82) is 0 Å². The van der Waals surface area contributed by atoms with Crippen molar-refractivity contribution in [2.45, 2.75) is 25.4 Å². The Morgan fingerprint density at radius 1 is 1.39 bits per heavy atom. The topological polar surface area (TPSA) is 21.3 Å². The average Bonchev–Trinajstić information content (AvgIpc) is 3.08. The van der Waals surface area contributed by atoms with Crippen LogP contribution in [0, 0.1) is 11.6 Å². The van der Waals surface area contributed by atoms with Crippen LogP contribution in [-0.4, -0.2) is 12.6 Å². The van der Waals surface area contributed by atoms with E-state index in [0.717, 1.165) is 12.8 Å². The molecule has 1 aliphatic carbocycles. The fourth-order valence-corrected chi connectivity index (χ4v) is 1.67. The Balaban J connectivity index is 2.04. The molecule has 1 fully saturated rings. The highest BCUT2D eigenvalue weighted by atomic mass is 79.9.